The van der Waals surface area contributed by atoms with Gasteiger partial charge < -0.3 is 14.2 Å². The highest BCUT2D eigenvalue weighted by Crippen LogP contribution is 2.33. The summed E-state index contributed by atoms with van der Waals surface area (Å²) < 4.78 is 15.8. The maximum atomic E-state index is 12.2. The number of nitrogens with zero attached hydrogens (tertiary/aromatic N) is 2. The minimum Gasteiger partial charge on any atom is -0.493 e. The Labute approximate surface area is 154 Å². The molecule has 0 atom stereocenters. The van der Waals surface area contributed by atoms with E-state index in [1.165, 1.54) is 32.4 Å². The van der Waals surface area contributed by atoms with Gasteiger partial charge in [0.05, 0.1) is 19.1 Å². The van der Waals surface area contributed by atoms with Crippen molar-refractivity contribution in [3.8, 4) is 11.5 Å². The van der Waals surface area contributed by atoms with Crippen molar-refractivity contribution >= 4 is 23.6 Å². The molecule has 0 spiro atoms. The Morgan fingerprint density at radius 2 is 1.89 bits per heavy atom. The van der Waals surface area contributed by atoms with Gasteiger partial charge in [0.2, 0.25) is 5.90 Å². The predicted molar refractivity (Wildman–Crippen MR) is 98.0 cm³/mol. The van der Waals surface area contributed by atoms with Crippen molar-refractivity contribution in [3.63, 3.8) is 0 Å². The Balaban J connectivity index is 2.05. The lowest BCUT2D eigenvalue weighted by Crippen LogP contribution is -2.08. The Morgan fingerprint density at radius 1 is 1.15 bits per heavy atom. The molecule has 138 valence electrons. The van der Waals surface area contributed by atoms with Crippen LogP contribution in [-0.2, 0) is 9.53 Å². The molecule has 1 heterocycles. The fourth-order valence-electron chi connectivity index (χ4n) is 2.75. The third-order valence-electron chi connectivity index (χ3n) is 4.08. The average Bonchev–Trinajstić information content (AvgIpc) is 3.01. The molecule has 3 rings (SSSR count). The van der Waals surface area contributed by atoms with E-state index in [1.54, 1.807) is 31.2 Å². The highest BCUT2D eigenvalue weighted by Gasteiger charge is 2.27. The Hall–Kier alpha value is -3.68. The number of carbonyl (C=O) groups excluding carboxylic acids is 1. The molecule has 0 saturated heterocycles. The number of esters is 1. The molecule has 0 amide bonds. The first-order valence-electron chi connectivity index (χ1n) is 7.94. The number of hydrogen-bond donors (Lipinski definition) is 0. The SMILES string of the molecule is COc1cccc(/C=C2\N=C(c3cccc([N+](=O)[O-])c3C)OC2=O)c1OC. The number of carbonyl (C=O) groups is 1. The number of nitro groups is 1. The average molecular weight is 368 g/mol. The number of hydrogen-bond acceptors (Lipinski definition) is 7. The van der Waals surface area contributed by atoms with Crippen molar-refractivity contribution in [2.45, 2.75) is 6.92 Å². The zero-order valence-electron chi connectivity index (χ0n) is 14.9. The lowest BCUT2D eigenvalue weighted by atomic mass is 10.1. The summed E-state index contributed by atoms with van der Waals surface area (Å²) in [5.74, 6) is 0.336. The first kappa shape index (κ1) is 18.1. The van der Waals surface area contributed by atoms with Crippen molar-refractivity contribution in [1.82, 2.24) is 0 Å². The fourth-order valence-corrected chi connectivity index (χ4v) is 2.75. The molecule has 0 aliphatic carbocycles. The quantitative estimate of drug-likeness (QED) is 0.347. The van der Waals surface area contributed by atoms with Crippen LogP contribution in [-0.4, -0.2) is 31.0 Å². The van der Waals surface area contributed by atoms with Crippen molar-refractivity contribution in [1.29, 1.82) is 0 Å². The highest BCUT2D eigenvalue weighted by atomic mass is 16.6. The van der Waals surface area contributed by atoms with Crippen LogP contribution in [0.1, 0.15) is 16.7 Å². The summed E-state index contributed by atoms with van der Waals surface area (Å²) in [4.78, 5) is 27.1. The zero-order valence-corrected chi connectivity index (χ0v) is 14.9. The number of nitro benzene ring substituents is 1. The number of para-hydroxylation sites is 1. The van der Waals surface area contributed by atoms with Crippen LogP contribution in [0.25, 0.3) is 6.08 Å². The van der Waals surface area contributed by atoms with Crippen molar-refractivity contribution in [2.75, 3.05) is 14.2 Å². The molecule has 1 aliphatic heterocycles. The lowest BCUT2D eigenvalue weighted by Gasteiger charge is -2.09. The number of methoxy groups -OCH3 is 2. The van der Waals surface area contributed by atoms with Gasteiger partial charge in [-0.1, -0.05) is 18.2 Å². The molecule has 0 fully saturated rings. The van der Waals surface area contributed by atoms with Crippen LogP contribution in [0.3, 0.4) is 0 Å². The van der Waals surface area contributed by atoms with Gasteiger partial charge in [0, 0.05) is 22.8 Å². The molecule has 27 heavy (non-hydrogen) atoms. The van der Waals surface area contributed by atoms with Gasteiger partial charge in [0.1, 0.15) is 0 Å². The monoisotopic (exact) mass is 368 g/mol. The molecule has 0 aromatic heterocycles. The van der Waals surface area contributed by atoms with Gasteiger partial charge in [-0.25, -0.2) is 9.79 Å². The predicted octanol–water partition coefficient (Wildman–Crippen LogP) is 3.26. The lowest BCUT2D eigenvalue weighted by molar-refractivity contribution is -0.385. The first-order chi connectivity index (χ1) is 13.0. The van der Waals surface area contributed by atoms with Gasteiger partial charge in [-0.3, -0.25) is 10.1 Å². The van der Waals surface area contributed by atoms with Crippen LogP contribution < -0.4 is 9.47 Å². The highest BCUT2D eigenvalue weighted by molar-refractivity contribution is 6.13. The standard InChI is InChI=1S/C19H16N2O6/c1-11-13(7-5-8-15(11)21(23)24)18-20-14(19(22)27-18)10-12-6-4-9-16(25-2)17(12)26-3/h4-10H,1-3H3/b14-10-. The van der Waals surface area contributed by atoms with Crippen molar-refractivity contribution in [2.24, 2.45) is 4.99 Å². The molecular formula is C19H16N2O6. The number of rotatable bonds is 5. The minimum atomic E-state index is -0.652. The summed E-state index contributed by atoms with van der Waals surface area (Å²) >= 11 is 0. The third kappa shape index (κ3) is 3.37. The number of ether oxygens (including phenoxy) is 3. The van der Waals surface area contributed by atoms with E-state index in [9.17, 15) is 14.9 Å². The van der Waals surface area contributed by atoms with Gasteiger partial charge in [0.15, 0.2) is 17.2 Å². The Bertz CT molecular complexity index is 994. The van der Waals surface area contributed by atoms with Gasteiger partial charge >= 0.3 is 5.97 Å². The van der Waals surface area contributed by atoms with Crippen molar-refractivity contribution in [3.05, 3.63) is 68.9 Å². The maximum absolute atomic E-state index is 12.2. The van der Waals surface area contributed by atoms with E-state index in [0.717, 1.165) is 0 Å². The van der Waals surface area contributed by atoms with E-state index in [2.05, 4.69) is 4.99 Å². The Morgan fingerprint density at radius 3 is 2.56 bits per heavy atom. The summed E-state index contributed by atoms with van der Waals surface area (Å²) in [6, 6.07) is 9.74. The number of aliphatic imine (C=N–C) groups is 1. The maximum Gasteiger partial charge on any atom is 0.363 e. The smallest absolute Gasteiger partial charge is 0.363 e. The second-order valence-electron chi connectivity index (χ2n) is 5.63. The summed E-state index contributed by atoms with van der Waals surface area (Å²) in [6.45, 7) is 1.58. The molecule has 1 aliphatic rings. The summed E-state index contributed by atoms with van der Waals surface area (Å²) in [6.07, 6.45) is 1.52. The molecule has 0 saturated carbocycles. The number of cyclic esters (lactones) is 1. The van der Waals surface area contributed by atoms with Crippen LogP contribution in [0.2, 0.25) is 0 Å². The minimum absolute atomic E-state index is 0.0225. The summed E-state index contributed by atoms with van der Waals surface area (Å²) in [5.41, 5.74) is 1.33. The van der Waals surface area contributed by atoms with Gasteiger partial charge in [0.25, 0.3) is 5.69 Å². The second-order valence-corrected chi connectivity index (χ2v) is 5.63. The molecule has 8 nitrogen and oxygen atoms in total. The Kier molecular flexibility index (Phi) is 4.89. The first-order valence-corrected chi connectivity index (χ1v) is 7.94. The van der Waals surface area contributed by atoms with Gasteiger partial charge in [-0.05, 0) is 25.1 Å². The summed E-state index contributed by atoms with van der Waals surface area (Å²) in [5, 5.41) is 11.1. The molecule has 2 aromatic rings. The molecule has 2 aromatic carbocycles. The molecule has 8 heteroatoms. The van der Waals surface area contributed by atoms with Crippen LogP contribution in [0.4, 0.5) is 5.69 Å². The van der Waals surface area contributed by atoms with Crippen LogP contribution in [0.15, 0.2) is 47.1 Å². The van der Waals surface area contributed by atoms with Crippen LogP contribution in [0, 0.1) is 17.0 Å². The largest absolute Gasteiger partial charge is 0.493 e. The third-order valence-corrected chi connectivity index (χ3v) is 4.08. The molecular weight excluding hydrogens is 352 g/mol. The second kappa shape index (κ2) is 7.28. The fraction of sp³-hybridized carbons (Fsp3) is 0.158. The van der Waals surface area contributed by atoms with Crippen LogP contribution >= 0.6 is 0 Å². The topological polar surface area (TPSA) is 100 Å². The molecule has 0 N–H and O–H groups in total. The van der Waals surface area contributed by atoms with E-state index in [0.29, 0.717) is 28.2 Å². The number of benzene rings is 2. The van der Waals surface area contributed by atoms with E-state index in [1.807, 2.05) is 0 Å². The van der Waals surface area contributed by atoms with E-state index >= 15 is 0 Å². The van der Waals surface area contributed by atoms with E-state index < -0.39 is 10.9 Å². The van der Waals surface area contributed by atoms with Crippen molar-refractivity contribution < 1.29 is 23.9 Å². The van der Waals surface area contributed by atoms with Gasteiger partial charge in [-0.2, -0.15) is 0 Å². The van der Waals surface area contributed by atoms with E-state index in [-0.39, 0.29) is 17.3 Å². The summed E-state index contributed by atoms with van der Waals surface area (Å²) in [7, 11) is 3.01. The molecule has 0 unspecified atom stereocenters. The van der Waals surface area contributed by atoms with Gasteiger partial charge in [-0.15, -0.1) is 0 Å². The van der Waals surface area contributed by atoms with Crippen LogP contribution in [0.5, 0.6) is 11.5 Å². The normalized spacial score (nSPS) is 14.7. The molecule has 0 bridgehead atoms. The van der Waals surface area contributed by atoms with E-state index in [4.69, 9.17) is 14.2 Å². The molecule has 0 radical (unpaired) electrons. The zero-order chi connectivity index (χ0) is 19.6.